The van der Waals surface area contributed by atoms with Crippen LogP contribution < -0.4 is 5.32 Å². The van der Waals surface area contributed by atoms with E-state index in [1.54, 1.807) is 24.3 Å². The second-order valence-electron chi connectivity index (χ2n) is 6.25. The van der Waals surface area contributed by atoms with E-state index in [1.807, 2.05) is 10.9 Å². The standard InChI is InChI=1S/C18H18N4O4/c23-17(15-3-6-22(21-15)12-4-7-26-8-5-12)20-11-1-2-13-14(18(24)25)10-19-16(13)9-11/h1-3,6,9-10,12,19H,4-5,7-8H2,(H,20,23)(H,24,25). The van der Waals surface area contributed by atoms with Gasteiger partial charge in [-0.2, -0.15) is 5.10 Å². The minimum absolute atomic E-state index is 0.202. The fraction of sp³-hybridized carbons (Fsp3) is 0.278. The molecular formula is C18H18N4O4. The summed E-state index contributed by atoms with van der Waals surface area (Å²) in [5.74, 6) is -1.30. The monoisotopic (exact) mass is 354 g/mol. The van der Waals surface area contributed by atoms with Gasteiger partial charge < -0.3 is 20.1 Å². The minimum Gasteiger partial charge on any atom is -0.478 e. The first kappa shape index (κ1) is 16.3. The maximum atomic E-state index is 12.4. The van der Waals surface area contributed by atoms with Crippen molar-refractivity contribution in [1.82, 2.24) is 14.8 Å². The molecule has 3 heterocycles. The Labute approximate surface area is 148 Å². The molecule has 2 aromatic heterocycles. The molecule has 1 aliphatic heterocycles. The van der Waals surface area contributed by atoms with E-state index >= 15 is 0 Å². The normalized spacial score (nSPS) is 15.2. The van der Waals surface area contributed by atoms with Gasteiger partial charge in [-0.1, -0.05) is 0 Å². The molecule has 0 atom stereocenters. The summed E-state index contributed by atoms with van der Waals surface area (Å²) >= 11 is 0. The van der Waals surface area contributed by atoms with Crippen molar-refractivity contribution < 1.29 is 19.4 Å². The number of anilines is 1. The van der Waals surface area contributed by atoms with Crippen LogP contribution in [0.2, 0.25) is 0 Å². The lowest BCUT2D eigenvalue weighted by Crippen LogP contribution is -2.21. The third kappa shape index (κ3) is 3.06. The molecule has 0 radical (unpaired) electrons. The maximum absolute atomic E-state index is 12.4. The number of benzene rings is 1. The van der Waals surface area contributed by atoms with Crippen molar-refractivity contribution in [2.24, 2.45) is 0 Å². The Morgan fingerprint density at radius 2 is 2.08 bits per heavy atom. The van der Waals surface area contributed by atoms with Crippen molar-refractivity contribution in [2.75, 3.05) is 18.5 Å². The van der Waals surface area contributed by atoms with E-state index < -0.39 is 5.97 Å². The summed E-state index contributed by atoms with van der Waals surface area (Å²) in [6, 6.07) is 7.01. The van der Waals surface area contributed by atoms with Crippen LogP contribution in [-0.4, -0.2) is 45.0 Å². The number of aromatic nitrogens is 3. The molecule has 8 heteroatoms. The van der Waals surface area contributed by atoms with Gasteiger partial charge in [0.25, 0.3) is 5.91 Å². The zero-order valence-electron chi connectivity index (χ0n) is 13.9. The number of amides is 1. The number of aromatic carboxylic acids is 1. The molecule has 1 aromatic carbocycles. The summed E-state index contributed by atoms with van der Waals surface area (Å²) in [6.45, 7) is 1.42. The fourth-order valence-corrected chi connectivity index (χ4v) is 3.19. The molecule has 8 nitrogen and oxygen atoms in total. The van der Waals surface area contributed by atoms with Crippen LogP contribution in [0.4, 0.5) is 5.69 Å². The number of carboxylic acid groups (broad SMARTS) is 1. The Bertz CT molecular complexity index is 969. The number of ether oxygens (including phenoxy) is 1. The van der Waals surface area contributed by atoms with Gasteiger partial charge in [-0.15, -0.1) is 0 Å². The number of aromatic amines is 1. The van der Waals surface area contributed by atoms with Crippen molar-refractivity contribution in [3.8, 4) is 0 Å². The Balaban J connectivity index is 1.50. The van der Waals surface area contributed by atoms with E-state index in [1.165, 1.54) is 6.20 Å². The van der Waals surface area contributed by atoms with Crippen LogP contribution in [0.3, 0.4) is 0 Å². The molecule has 0 unspecified atom stereocenters. The average molecular weight is 354 g/mol. The highest BCUT2D eigenvalue weighted by atomic mass is 16.5. The smallest absolute Gasteiger partial charge is 0.337 e. The molecule has 1 saturated heterocycles. The topological polar surface area (TPSA) is 109 Å². The number of carbonyl (C=O) groups is 2. The predicted octanol–water partition coefficient (Wildman–Crippen LogP) is 2.67. The Kier molecular flexibility index (Phi) is 4.18. The highest BCUT2D eigenvalue weighted by Crippen LogP contribution is 2.23. The second kappa shape index (κ2) is 6.64. The number of hydrogen-bond acceptors (Lipinski definition) is 4. The Morgan fingerprint density at radius 1 is 1.27 bits per heavy atom. The van der Waals surface area contributed by atoms with Gasteiger partial charge in [0.2, 0.25) is 0 Å². The summed E-state index contributed by atoms with van der Waals surface area (Å²) < 4.78 is 7.17. The van der Waals surface area contributed by atoms with Crippen LogP contribution in [0.25, 0.3) is 10.9 Å². The molecule has 1 aliphatic rings. The average Bonchev–Trinajstić information content (AvgIpc) is 3.29. The number of rotatable bonds is 4. The summed E-state index contributed by atoms with van der Waals surface area (Å²) in [5, 5.41) is 16.9. The molecule has 0 saturated carbocycles. The van der Waals surface area contributed by atoms with E-state index in [4.69, 9.17) is 9.84 Å². The lowest BCUT2D eigenvalue weighted by atomic mass is 10.1. The number of fused-ring (bicyclic) bond motifs is 1. The van der Waals surface area contributed by atoms with E-state index in [0.29, 0.717) is 35.5 Å². The maximum Gasteiger partial charge on any atom is 0.337 e. The van der Waals surface area contributed by atoms with E-state index in [0.717, 1.165) is 12.8 Å². The van der Waals surface area contributed by atoms with Crippen LogP contribution in [0.5, 0.6) is 0 Å². The quantitative estimate of drug-likeness (QED) is 0.667. The second-order valence-corrected chi connectivity index (χ2v) is 6.25. The first-order valence-corrected chi connectivity index (χ1v) is 8.40. The van der Waals surface area contributed by atoms with Crippen molar-refractivity contribution in [3.63, 3.8) is 0 Å². The number of nitrogens with zero attached hydrogens (tertiary/aromatic N) is 2. The van der Waals surface area contributed by atoms with Gasteiger partial charge in [-0.25, -0.2) is 4.79 Å². The number of H-pyrrole nitrogens is 1. The van der Waals surface area contributed by atoms with Crippen LogP contribution in [0.15, 0.2) is 36.7 Å². The minimum atomic E-state index is -0.994. The predicted molar refractivity (Wildman–Crippen MR) is 94.5 cm³/mol. The summed E-state index contributed by atoms with van der Waals surface area (Å²) in [7, 11) is 0. The highest BCUT2D eigenvalue weighted by Gasteiger charge is 2.18. The molecule has 0 bridgehead atoms. The van der Waals surface area contributed by atoms with Crippen LogP contribution in [0.1, 0.15) is 39.7 Å². The van der Waals surface area contributed by atoms with Gasteiger partial charge in [-0.3, -0.25) is 9.48 Å². The molecule has 26 heavy (non-hydrogen) atoms. The lowest BCUT2D eigenvalue weighted by Gasteiger charge is -2.22. The van der Waals surface area contributed by atoms with Crippen molar-refractivity contribution in [2.45, 2.75) is 18.9 Å². The number of carbonyl (C=O) groups excluding carboxylic acids is 1. The van der Waals surface area contributed by atoms with Gasteiger partial charge in [0.1, 0.15) is 0 Å². The summed E-state index contributed by atoms with van der Waals surface area (Å²) in [5.41, 5.74) is 1.76. The van der Waals surface area contributed by atoms with Crippen LogP contribution in [0, 0.1) is 0 Å². The highest BCUT2D eigenvalue weighted by molar-refractivity contribution is 6.06. The van der Waals surface area contributed by atoms with Crippen LogP contribution in [-0.2, 0) is 4.74 Å². The van der Waals surface area contributed by atoms with Gasteiger partial charge in [0.15, 0.2) is 5.69 Å². The molecule has 0 spiro atoms. The molecule has 1 amide bonds. The number of nitrogens with one attached hydrogen (secondary N) is 2. The van der Waals surface area contributed by atoms with Crippen LogP contribution >= 0.6 is 0 Å². The molecular weight excluding hydrogens is 336 g/mol. The zero-order chi connectivity index (χ0) is 18.1. The first-order valence-electron chi connectivity index (χ1n) is 8.40. The molecule has 134 valence electrons. The molecule has 4 rings (SSSR count). The first-order chi connectivity index (χ1) is 12.6. The number of carboxylic acids is 1. The Hall–Kier alpha value is -3.13. The molecule has 0 aliphatic carbocycles. The van der Waals surface area contributed by atoms with E-state index in [2.05, 4.69) is 15.4 Å². The van der Waals surface area contributed by atoms with Gasteiger partial charge in [0, 0.05) is 42.2 Å². The summed E-state index contributed by atoms with van der Waals surface area (Å²) in [6.07, 6.45) is 5.03. The van der Waals surface area contributed by atoms with Crippen molar-refractivity contribution in [3.05, 3.63) is 47.9 Å². The van der Waals surface area contributed by atoms with Gasteiger partial charge >= 0.3 is 5.97 Å². The fourth-order valence-electron chi connectivity index (χ4n) is 3.19. The van der Waals surface area contributed by atoms with E-state index in [9.17, 15) is 9.59 Å². The number of hydrogen-bond donors (Lipinski definition) is 3. The third-order valence-electron chi connectivity index (χ3n) is 4.58. The van der Waals surface area contributed by atoms with Gasteiger partial charge in [0.05, 0.1) is 11.6 Å². The third-order valence-corrected chi connectivity index (χ3v) is 4.58. The summed E-state index contributed by atoms with van der Waals surface area (Å²) in [4.78, 5) is 26.5. The molecule has 3 aromatic rings. The molecule has 3 N–H and O–H groups in total. The van der Waals surface area contributed by atoms with Crippen molar-refractivity contribution in [1.29, 1.82) is 0 Å². The molecule has 1 fully saturated rings. The van der Waals surface area contributed by atoms with Gasteiger partial charge in [-0.05, 0) is 37.1 Å². The zero-order valence-corrected chi connectivity index (χ0v) is 13.9. The lowest BCUT2D eigenvalue weighted by molar-refractivity contribution is 0.0660. The van der Waals surface area contributed by atoms with E-state index in [-0.39, 0.29) is 17.5 Å². The SMILES string of the molecule is O=C(Nc1ccc2c(C(=O)O)c[nH]c2c1)c1ccn(C2CCOCC2)n1. The van der Waals surface area contributed by atoms with Crippen molar-refractivity contribution >= 4 is 28.5 Å². The largest absolute Gasteiger partial charge is 0.478 e. The Morgan fingerprint density at radius 3 is 2.85 bits per heavy atom.